The second-order valence-electron chi connectivity index (χ2n) is 8.87. The van der Waals surface area contributed by atoms with Crippen molar-refractivity contribution < 1.29 is 13.9 Å². The maximum absolute atomic E-state index is 12.8. The number of carbonyl (C=O) groups excluding carboxylic acids is 1. The SMILES string of the molecule is CCOC(=O)c1cc([Si](C)(C)C)c2c(oc3ccccc32)c1[Si](C)(C)C. The van der Waals surface area contributed by atoms with E-state index in [0.717, 1.165) is 21.7 Å². The Morgan fingerprint density at radius 1 is 1.04 bits per heavy atom. The van der Waals surface area contributed by atoms with Crippen molar-refractivity contribution in [3.63, 3.8) is 0 Å². The molecule has 5 heteroatoms. The van der Waals surface area contributed by atoms with Crippen LogP contribution in [-0.4, -0.2) is 28.7 Å². The number of carbonyl (C=O) groups is 1. The highest BCUT2D eigenvalue weighted by molar-refractivity contribution is 6.93. The van der Waals surface area contributed by atoms with Crippen LogP contribution in [0, 0.1) is 0 Å². The predicted octanol–water partition coefficient (Wildman–Crippen LogP) is 4.85. The van der Waals surface area contributed by atoms with E-state index in [1.54, 1.807) is 0 Å². The average molecular weight is 385 g/mol. The molecule has 0 N–H and O–H groups in total. The zero-order valence-electron chi connectivity index (χ0n) is 16.8. The van der Waals surface area contributed by atoms with Crippen LogP contribution in [0.5, 0.6) is 0 Å². The zero-order chi connectivity index (χ0) is 19.3. The number of esters is 1. The fraction of sp³-hybridized carbons (Fsp3) is 0.381. The van der Waals surface area contributed by atoms with Crippen molar-refractivity contribution in [2.75, 3.05) is 6.61 Å². The van der Waals surface area contributed by atoms with Crippen LogP contribution in [0.2, 0.25) is 39.3 Å². The van der Waals surface area contributed by atoms with Crippen LogP contribution >= 0.6 is 0 Å². The fourth-order valence-electron chi connectivity index (χ4n) is 3.61. The van der Waals surface area contributed by atoms with Gasteiger partial charge in [0.25, 0.3) is 0 Å². The molecule has 3 aromatic rings. The van der Waals surface area contributed by atoms with Gasteiger partial charge in [0.2, 0.25) is 0 Å². The van der Waals surface area contributed by atoms with E-state index in [0.29, 0.717) is 12.2 Å². The zero-order valence-corrected chi connectivity index (χ0v) is 18.8. The van der Waals surface area contributed by atoms with Gasteiger partial charge in [-0.1, -0.05) is 57.5 Å². The van der Waals surface area contributed by atoms with E-state index >= 15 is 0 Å². The molecule has 26 heavy (non-hydrogen) atoms. The minimum Gasteiger partial charge on any atom is -0.462 e. The summed E-state index contributed by atoms with van der Waals surface area (Å²) in [5.41, 5.74) is 2.49. The fourth-order valence-corrected chi connectivity index (χ4v) is 7.02. The Morgan fingerprint density at radius 2 is 1.69 bits per heavy atom. The van der Waals surface area contributed by atoms with E-state index in [-0.39, 0.29) is 5.97 Å². The third kappa shape index (κ3) is 3.14. The number of para-hydroxylation sites is 1. The first-order chi connectivity index (χ1) is 12.1. The molecule has 2 aromatic carbocycles. The summed E-state index contributed by atoms with van der Waals surface area (Å²) in [6.07, 6.45) is 0. The number of hydrogen-bond donors (Lipinski definition) is 0. The van der Waals surface area contributed by atoms with Gasteiger partial charge in [-0.15, -0.1) is 0 Å². The normalized spacial score (nSPS) is 12.7. The molecule has 0 fully saturated rings. The molecule has 0 radical (unpaired) electrons. The second kappa shape index (κ2) is 6.39. The summed E-state index contributed by atoms with van der Waals surface area (Å²) in [5.74, 6) is -0.230. The number of hydrogen-bond acceptors (Lipinski definition) is 3. The summed E-state index contributed by atoms with van der Waals surface area (Å²) >= 11 is 0. The highest BCUT2D eigenvalue weighted by atomic mass is 28.3. The van der Waals surface area contributed by atoms with Gasteiger partial charge in [0.1, 0.15) is 11.2 Å². The Kier molecular flexibility index (Phi) is 4.65. The number of fused-ring (bicyclic) bond motifs is 3. The van der Waals surface area contributed by atoms with Crippen LogP contribution in [0.1, 0.15) is 17.3 Å². The van der Waals surface area contributed by atoms with Gasteiger partial charge in [-0.3, -0.25) is 0 Å². The van der Waals surface area contributed by atoms with Crippen molar-refractivity contribution in [2.24, 2.45) is 0 Å². The molecule has 0 bridgehead atoms. The van der Waals surface area contributed by atoms with E-state index in [4.69, 9.17) is 9.15 Å². The minimum absolute atomic E-state index is 0.230. The van der Waals surface area contributed by atoms with E-state index in [1.807, 2.05) is 19.1 Å². The van der Waals surface area contributed by atoms with Gasteiger partial charge in [0.05, 0.1) is 28.3 Å². The van der Waals surface area contributed by atoms with Gasteiger partial charge in [0, 0.05) is 10.8 Å². The van der Waals surface area contributed by atoms with Crippen LogP contribution in [0.15, 0.2) is 34.7 Å². The first kappa shape index (κ1) is 18.9. The molecule has 0 atom stereocenters. The smallest absolute Gasteiger partial charge is 0.338 e. The molecule has 0 saturated heterocycles. The molecule has 3 rings (SSSR count). The van der Waals surface area contributed by atoms with Gasteiger partial charge < -0.3 is 9.15 Å². The second-order valence-corrected chi connectivity index (χ2v) is 18.9. The van der Waals surface area contributed by atoms with Gasteiger partial charge in [0.15, 0.2) is 0 Å². The predicted molar refractivity (Wildman–Crippen MR) is 116 cm³/mol. The largest absolute Gasteiger partial charge is 0.462 e. The lowest BCUT2D eigenvalue weighted by Gasteiger charge is -2.25. The maximum Gasteiger partial charge on any atom is 0.338 e. The van der Waals surface area contributed by atoms with Crippen LogP contribution in [-0.2, 0) is 4.74 Å². The Hall–Kier alpha value is -1.86. The number of benzene rings is 2. The molecule has 1 aromatic heterocycles. The van der Waals surface area contributed by atoms with Crippen LogP contribution in [0.25, 0.3) is 21.9 Å². The highest BCUT2D eigenvalue weighted by Crippen LogP contribution is 2.30. The van der Waals surface area contributed by atoms with Crippen LogP contribution in [0.3, 0.4) is 0 Å². The lowest BCUT2D eigenvalue weighted by molar-refractivity contribution is 0.0528. The molecule has 0 saturated carbocycles. The van der Waals surface area contributed by atoms with Gasteiger partial charge >= 0.3 is 5.97 Å². The van der Waals surface area contributed by atoms with E-state index in [9.17, 15) is 4.79 Å². The van der Waals surface area contributed by atoms with Gasteiger partial charge in [-0.05, 0) is 29.4 Å². The van der Waals surface area contributed by atoms with E-state index in [2.05, 4.69) is 57.5 Å². The average Bonchev–Trinajstić information content (AvgIpc) is 2.90. The third-order valence-electron chi connectivity index (χ3n) is 4.70. The van der Waals surface area contributed by atoms with E-state index < -0.39 is 16.1 Å². The van der Waals surface area contributed by atoms with Crippen molar-refractivity contribution in [3.8, 4) is 0 Å². The molecule has 0 aliphatic rings. The van der Waals surface area contributed by atoms with Gasteiger partial charge in [-0.25, -0.2) is 4.79 Å². The first-order valence-electron chi connectivity index (χ1n) is 9.22. The maximum atomic E-state index is 12.8. The van der Waals surface area contributed by atoms with Crippen LogP contribution < -0.4 is 10.4 Å². The molecule has 3 nitrogen and oxygen atoms in total. The van der Waals surface area contributed by atoms with Crippen molar-refractivity contribution in [1.29, 1.82) is 0 Å². The number of furan rings is 1. The summed E-state index contributed by atoms with van der Waals surface area (Å²) in [6, 6.07) is 10.3. The molecular formula is C21H28O3Si2. The molecule has 138 valence electrons. The summed E-state index contributed by atoms with van der Waals surface area (Å²) < 4.78 is 11.8. The first-order valence-corrected chi connectivity index (χ1v) is 16.2. The Morgan fingerprint density at radius 3 is 2.27 bits per heavy atom. The molecule has 0 unspecified atom stereocenters. The lowest BCUT2D eigenvalue weighted by atomic mass is 10.1. The molecule has 0 amide bonds. The number of ether oxygens (including phenoxy) is 1. The molecule has 0 aliphatic carbocycles. The summed E-state index contributed by atoms with van der Waals surface area (Å²) in [7, 11) is -3.57. The van der Waals surface area contributed by atoms with Crippen molar-refractivity contribution in [2.45, 2.75) is 46.2 Å². The molecule has 0 spiro atoms. The summed E-state index contributed by atoms with van der Waals surface area (Å²) in [5, 5.41) is 4.69. The molecule has 0 aliphatic heterocycles. The summed E-state index contributed by atoms with van der Waals surface area (Å²) in [6.45, 7) is 15.9. The molecule has 1 heterocycles. The third-order valence-corrected chi connectivity index (χ3v) is 8.71. The van der Waals surface area contributed by atoms with Crippen LogP contribution in [0.4, 0.5) is 0 Å². The quantitative estimate of drug-likeness (QED) is 0.477. The summed E-state index contributed by atoms with van der Waals surface area (Å²) in [4.78, 5) is 12.8. The monoisotopic (exact) mass is 384 g/mol. The van der Waals surface area contributed by atoms with E-state index in [1.165, 1.54) is 10.6 Å². The topological polar surface area (TPSA) is 39.4 Å². The highest BCUT2D eigenvalue weighted by Gasteiger charge is 2.33. The Bertz CT molecular complexity index is 988. The lowest BCUT2D eigenvalue weighted by Crippen LogP contribution is -2.46. The molecular weight excluding hydrogens is 356 g/mol. The van der Waals surface area contributed by atoms with Crippen molar-refractivity contribution in [1.82, 2.24) is 0 Å². The standard InChI is InChI=1S/C21H28O3Si2/c1-8-23-21(22)15-13-17(25(2,3)4)18-14-11-9-10-12-16(14)24-19(18)20(15)26(5,6)7/h9-13H,8H2,1-7H3. The van der Waals surface area contributed by atoms with Crippen molar-refractivity contribution in [3.05, 3.63) is 35.9 Å². The Labute approximate surface area is 157 Å². The minimum atomic E-state index is -1.86. The Balaban J connectivity index is 2.56. The number of rotatable bonds is 4. The van der Waals surface area contributed by atoms with Gasteiger partial charge in [-0.2, -0.15) is 0 Å². The van der Waals surface area contributed by atoms with Crippen molar-refractivity contribution >= 4 is 54.4 Å².